The summed E-state index contributed by atoms with van der Waals surface area (Å²) in [6.07, 6.45) is 0. The standard InChI is InChI=1S/C11H15N3O4S/c1-2-19-6-5-18-10-4-3-8(11(12)13-15)7-9(10)14(16)17/h3-4,7,15H,2,5-6H2,1H3,(H2,12,13). The van der Waals surface area contributed by atoms with Crippen molar-refractivity contribution >= 4 is 23.3 Å². The quantitative estimate of drug-likeness (QED) is 0.197. The molecule has 0 atom stereocenters. The molecule has 0 bridgehead atoms. The van der Waals surface area contributed by atoms with Gasteiger partial charge in [0.2, 0.25) is 0 Å². The summed E-state index contributed by atoms with van der Waals surface area (Å²) in [7, 11) is 0. The van der Waals surface area contributed by atoms with Gasteiger partial charge in [-0.2, -0.15) is 11.8 Å². The number of nitrogens with two attached hydrogens (primary N) is 1. The maximum atomic E-state index is 11.0. The number of amidine groups is 1. The van der Waals surface area contributed by atoms with Crippen LogP contribution in [0.1, 0.15) is 12.5 Å². The number of ether oxygens (including phenoxy) is 1. The number of nitrogens with zero attached hydrogens (tertiary/aromatic N) is 2. The fourth-order valence-electron chi connectivity index (χ4n) is 1.35. The van der Waals surface area contributed by atoms with Crippen molar-refractivity contribution in [2.45, 2.75) is 6.92 Å². The van der Waals surface area contributed by atoms with Gasteiger partial charge in [-0.1, -0.05) is 12.1 Å². The highest BCUT2D eigenvalue weighted by Gasteiger charge is 2.17. The van der Waals surface area contributed by atoms with E-state index in [0.717, 1.165) is 11.5 Å². The lowest BCUT2D eigenvalue weighted by atomic mass is 10.1. The van der Waals surface area contributed by atoms with Gasteiger partial charge in [0.05, 0.1) is 11.5 Å². The lowest BCUT2D eigenvalue weighted by Crippen LogP contribution is -2.13. The summed E-state index contributed by atoms with van der Waals surface area (Å²) in [5, 5.41) is 22.3. The summed E-state index contributed by atoms with van der Waals surface area (Å²) in [6, 6.07) is 4.17. The molecule has 19 heavy (non-hydrogen) atoms. The third kappa shape index (κ3) is 4.32. The van der Waals surface area contributed by atoms with E-state index in [9.17, 15) is 10.1 Å². The second kappa shape index (κ2) is 7.47. The number of oxime groups is 1. The van der Waals surface area contributed by atoms with Crippen molar-refractivity contribution in [2.24, 2.45) is 10.9 Å². The summed E-state index contributed by atoms with van der Waals surface area (Å²) >= 11 is 1.69. The second-order valence-electron chi connectivity index (χ2n) is 3.47. The molecule has 0 saturated heterocycles. The van der Waals surface area contributed by atoms with Gasteiger partial charge in [-0.05, 0) is 17.9 Å². The zero-order valence-electron chi connectivity index (χ0n) is 10.4. The summed E-state index contributed by atoms with van der Waals surface area (Å²) < 4.78 is 5.36. The van der Waals surface area contributed by atoms with E-state index in [1.165, 1.54) is 18.2 Å². The Kier molecular flexibility index (Phi) is 5.94. The smallest absolute Gasteiger partial charge is 0.311 e. The number of hydrogen-bond donors (Lipinski definition) is 2. The van der Waals surface area contributed by atoms with Gasteiger partial charge in [0.1, 0.15) is 0 Å². The van der Waals surface area contributed by atoms with Crippen LogP contribution < -0.4 is 10.5 Å². The fourth-order valence-corrected chi connectivity index (χ4v) is 1.84. The van der Waals surface area contributed by atoms with Gasteiger partial charge < -0.3 is 15.7 Å². The number of thioether (sulfide) groups is 1. The summed E-state index contributed by atoms with van der Waals surface area (Å²) in [5.74, 6) is 1.72. The van der Waals surface area contributed by atoms with Crippen LogP contribution in [-0.4, -0.2) is 34.1 Å². The molecule has 1 aromatic rings. The Morgan fingerprint density at radius 2 is 2.37 bits per heavy atom. The Balaban J connectivity index is 2.89. The first-order valence-corrected chi connectivity index (χ1v) is 6.72. The van der Waals surface area contributed by atoms with Crippen LogP contribution in [0.25, 0.3) is 0 Å². The normalized spacial score (nSPS) is 11.3. The minimum absolute atomic E-state index is 0.177. The molecule has 0 spiro atoms. The van der Waals surface area contributed by atoms with Crippen LogP contribution in [-0.2, 0) is 0 Å². The number of nitro benzene ring substituents is 1. The topological polar surface area (TPSA) is 111 Å². The highest BCUT2D eigenvalue weighted by Crippen LogP contribution is 2.28. The summed E-state index contributed by atoms with van der Waals surface area (Å²) in [5.41, 5.74) is 5.45. The first-order chi connectivity index (χ1) is 9.10. The number of rotatable bonds is 7. The van der Waals surface area contributed by atoms with Crippen molar-refractivity contribution < 1.29 is 14.9 Å². The van der Waals surface area contributed by atoms with Crippen molar-refractivity contribution in [2.75, 3.05) is 18.1 Å². The Morgan fingerprint density at radius 3 is 2.95 bits per heavy atom. The van der Waals surface area contributed by atoms with Crippen LogP contribution in [0.2, 0.25) is 0 Å². The number of benzene rings is 1. The van der Waals surface area contributed by atoms with Crippen molar-refractivity contribution in [1.29, 1.82) is 0 Å². The monoisotopic (exact) mass is 285 g/mol. The lowest BCUT2D eigenvalue weighted by Gasteiger charge is -2.07. The minimum atomic E-state index is -0.559. The zero-order chi connectivity index (χ0) is 14.3. The molecular weight excluding hydrogens is 270 g/mol. The molecule has 0 unspecified atom stereocenters. The van der Waals surface area contributed by atoms with Gasteiger partial charge in [0.25, 0.3) is 0 Å². The van der Waals surface area contributed by atoms with Crippen LogP contribution >= 0.6 is 11.8 Å². The largest absolute Gasteiger partial charge is 0.486 e. The molecule has 104 valence electrons. The highest BCUT2D eigenvalue weighted by molar-refractivity contribution is 7.99. The maximum absolute atomic E-state index is 11.0. The van der Waals surface area contributed by atoms with E-state index in [1.54, 1.807) is 11.8 Å². The molecule has 0 aromatic heterocycles. The van der Waals surface area contributed by atoms with E-state index in [-0.39, 0.29) is 22.8 Å². The van der Waals surface area contributed by atoms with Crippen molar-refractivity contribution in [3.8, 4) is 5.75 Å². The molecule has 3 N–H and O–H groups in total. The molecule has 0 aliphatic rings. The molecular formula is C11H15N3O4S. The van der Waals surface area contributed by atoms with E-state index in [1.807, 2.05) is 6.92 Å². The van der Waals surface area contributed by atoms with Gasteiger partial charge in [-0.3, -0.25) is 10.1 Å². The van der Waals surface area contributed by atoms with E-state index < -0.39 is 4.92 Å². The van der Waals surface area contributed by atoms with Crippen LogP contribution in [0.4, 0.5) is 5.69 Å². The molecule has 7 nitrogen and oxygen atoms in total. The zero-order valence-corrected chi connectivity index (χ0v) is 11.2. The van der Waals surface area contributed by atoms with E-state index >= 15 is 0 Å². The third-order valence-corrected chi connectivity index (χ3v) is 3.11. The third-order valence-electron chi connectivity index (χ3n) is 2.25. The minimum Gasteiger partial charge on any atom is -0.486 e. The van der Waals surface area contributed by atoms with Crippen molar-refractivity contribution in [3.05, 3.63) is 33.9 Å². The second-order valence-corrected chi connectivity index (χ2v) is 4.86. The van der Waals surface area contributed by atoms with Crippen LogP contribution in [0.5, 0.6) is 5.75 Å². The van der Waals surface area contributed by atoms with Crippen LogP contribution in [0.15, 0.2) is 23.4 Å². The van der Waals surface area contributed by atoms with Gasteiger partial charge in [0, 0.05) is 17.4 Å². The van der Waals surface area contributed by atoms with Gasteiger partial charge in [-0.25, -0.2) is 0 Å². The fraction of sp³-hybridized carbons (Fsp3) is 0.364. The van der Waals surface area contributed by atoms with Crippen molar-refractivity contribution in [3.63, 3.8) is 0 Å². The first kappa shape index (κ1) is 15.1. The van der Waals surface area contributed by atoms with E-state index in [2.05, 4.69) is 5.16 Å². The molecule has 0 saturated carbocycles. The van der Waals surface area contributed by atoms with Gasteiger partial charge in [-0.15, -0.1) is 0 Å². The number of hydrogen-bond acceptors (Lipinski definition) is 6. The average molecular weight is 285 g/mol. The SMILES string of the molecule is CCSCCOc1ccc(/C(N)=N/O)cc1[N+](=O)[O-]. The molecule has 0 amide bonds. The Hall–Kier alpha value is -1.96. The first-order valence-electron chi connectivity index (χ1n) is 5.57. The van der Waals surface area contributed by atoms with Crippen molar-refractivity contribution in [1.82, 2.24) is 0 Å². The highest BCUT2D eigenvalue weighted by atomic mass is 32.2. The van der Waals surface area contributed by atoms with E-state index in [0.29, 0.717) is 6.61 Å². The van der Waals surface area contributed by atoms with Gasteiger partial charge >= 0.3 is 5.69 Å². The molecule has 1 rings (SSSR count). The molecule has 8 heteroatoms. The van der Waals surface area contributed by atoms with Crippen LogP contribution in [0.3, 0.4) is 0 Å². The Labute approximate surface area is 114 Å². The van der Waals surface area contributed by atoms with Gasteiger partial charge in [0.15, 0.2) is 11.6 Å². The molecule has 0 aliphatic heterocycles. The molecule has 0 heterocycles. The Morgan fingerprint density at radius 1 is 1.63 bits per heavy atom. The molecule has 1 aromatic carbocycles. The predicted octanol–water partition coefficient (Wildman–Crippen LogP) is 1.82. The summed E-state index contributed by atoms with van der Waals surface area (Å²) in [4.78, 5) is 10.4. The molecule has 0 aliphatic carbocycles. The van der Waals surface area contributed by atoms with E-state index in [4.69, 9.17) is 15.7 Å². The summed E-state index contributed by atoms with van der Waals surface area (Å²) in [6.45, 7) is 2.42. The maximum Gasteiger partial charge on any atom is 0.311 e. The molecule has 0 fully saturated rings. The Bertz CT molecular complexity index is 479. The van der Waals surface area contributed by atoms with Crippen LogP contribution in [0, 0.1) is 10.1 Å². The number of nitro groups is 1. The average Bonchev–Trinajstić information content (AvgIpc) is 2.42. The predicted molar refractivity (Wildman–Crippen MR) is 74.1 cm³/mol. The lowest BCUT2D eigenvalue weighted by molar-refractivity contribution is -0.385. The molecule has 0 radical (unpaired) electrons.